The monoisotopic (exact) mass is 679 g/mol. The SMILES string of the molecule is c1ccc(-c2ccc(N(c3ccc(-c4ccc5c(ccc6sc7ccccc7c65)c4)cc3)c3cccc(-c4ccc5ccccc5c4)c3)cc2)cc1. The van der Waals surface area contributed by atoms with Gasteiger partial charge in [0.25, 0.3) is 0 Å². The second-order valence-corrected chi connectivity index (χ2v) is 14.5. The van der Waals surface area contributed by atoms with Crippen LogP contribution in [0.4, 0.5) is 17.1 Å². The van der Waals surface area contributed by atoms with E-state index in [1.165, 1.54) is 75.1 Å². The molecule has 10 rings (SSSR count). The van der Waals surface area contributed by atoms with Gasteiger partial charge in [-0.25, -0.2) is 0 Å². The second-order valence-electron chi connectivity index (χ2n) is 13.4. The summed E-state index contributed by atoms with van der Waals surface area (Å²) in [7, 11) is 0. The molecule has 0 N–H and O–H groups in total. The Balaban J connectivity index is 1.04. The van der Waals surface area contributed by atoms with Crippen molar-refractivity contribution in [3.63, 3.8) is 0 Å². The lowest BCUT2D eigenvalue weighted by atomic mass is 9.98. The molecule has 9 aromatic carbocycles. The standard InChI is InChI=1S/C50H33NS/c1-2-9-34(10-3-1)36-19-25-43(26-20-36)51(45-14-8-13-39(33-45)41-18-17-35-11-4-5-12-38(35)31-41)44-27-21-37(22-28-44)40-23-29-46-42(32-40)24-30-49-50(46)47-15-6-7-16-48(47)52-49/h1-33H. The lowest BCUT2D eigenvalue weighted by Gasteiger charge is -2.26. The molecular formula is C50H33NS. The van der Waals surface area contributed by atoms with Crippen LogP contribution < -0.4 is 4.90 Å². The minimum atomic E-state index is 1.11. The highest BCUT2D eigenvalue weighted by Gasteiger charge is 2.15. The maximum atomic E-state index is 2.36. The quantitative estimate of drug-likeness (QED) is 0.169. The van der Waals surface area contributed by atoms with Crippen LogP contribution in [0.3, 0.4) is 0 Å². The highest BCUT2D eigenvalue weighted by molar-refractivity contribution is 7.26. The van der Waals surface area contributed by atoms with Crippen LogP contribution in [-0.4, -0.2) is 0 Å². The van der Waals surface area contributed by atoms with Crippen molar-refractivity contribution in [3.05, 3.63) is 200 Å². The molecule has 0 bridgehead atoms. The van der Waals surface area contributed by atoms with Crippen LogP contribution in [0.15, 0.2) is 200 Å². The molecule has 2 heteroatoms. The zero-order valence-electron chi connectivity index (χ0n) is 28.4. The van der Waals surface area contributed by atoms with Crippen LogP contribution >= 0.6 is 11.3 Å². The number of fused-ring (bicyclic) bond motifs is 6. The molecule has 244 valence electrons. The zero-order valence-corrected chi connectivity index (χ0v) is 29.2. The third-order valence-corrected chi connectivity index (χ3v) is 11.4. The van der Waals surface area contributed by atoms with Crippen LogP contribution in [0.5, 0.6) is 0 Å². The molecule has 1 heterocycles. The first kappa shape index (κ1) is 30.4. The van der Waals surface area contributed by atoms with Crippen LogP contribution in [0.2, 0.25) is 0 Å². The summed E-state index contributed by atoms with van der Waals surface area (Å²) in [5.74, 6) is 0. The summed E-state index contributed by atoms with van der Waals surface area (Å²) in [5, 5.41) is 7.78. The number of nitrogens with zero attached hydrogens (tertiary/aromatic N) is 1. The van der Waals surface area contributed by atoms with E-state index in [9.17, 15) is 0 Å². The molecule has 0 aliphatic carbocycles. The van der Waals surface area contributed by atoms with E-state index in [1.54, 1.807) is 0 Å². The number of hydrogen-bond donors (Lipinski definition) is 0. The number of hydrogen-bond acceptors (Lipinski definition) is 2. The lowest BCUT2D eigenvalue weighted by Crippen LogP contribution is -2.10. The Kier molecular flexibility index (Phi) is 7.41. The van der Waals surface area contributed by atoms with Crippen molar-refractivity contribution < 1.29 is 0 Å². The van der Waals surface area contributed by atoms with Gasteiger partial charge in [0.1, 0.15) is 0 Å². The minimum Gasteiger partial charge on any atom is -0.310 e. The summed E-state index contributed by atoms with van der Waals surface area (Å²) in [4.78, 5) is 2.36. The van der Waals surface area contributed by atoms with Gasteiger partial charge >= 0.3 is 0 Å². The third-order valence-electron chi connectivity index (χ3n) is 10.2. The molecule has 52 heavy (non-hydrogen) atoms. The van der Waals surface area contributed by atoms with Gasteiger partial charge in [-0.1, -0.05) is 140 Å². The number of rotatable bonds is 6. The van der Waals surface area contributed by atoms with E-state index < -0.39 is 0 Å². The Morgan fingerprint density at radius 1 is 0.288 bits per heavy atom. The molecule has 0 amide bonds. The Hall–Kier alpha value is -6.48. The number of anilines is 3. The smallest absolute Gasteiger partial charge is 0.0467 e. The van der Waals surface area contributed by atoms with E-state index >= 15 is 0 Å². The predicted octanol–water partition coefficient (Wildman–Crippen LogP) is 14.8. The van der Waals surface area contributed by atoms with Gasteiger partial charge in [-0.05, 0) is 116 Å². The molecule has 0 aliphatic rings. The Bertz CT molecular complexity index is 2890. The van der Waals surface area contributed by atoms with E-state index in [0.717, 1.165) is 17.1 Å². The van der Waals surface area contributed by atoms with Crippen molar-refractivity contribution in [2.45, 2.75) is 0 Å². The van der Waals surface area contributed by atoms with Gasteiger partial charge in [0.05, 0.1) is 0 Å². The molecule has 0 atom stereocenters. The summed E-state index contributed by atoms with van der Waals surface area (Å²) >= 11 is 1.87. The predicted molar refractivity (Wildman–Crippen MR) is 225 cm³/mol. The summed E-state index contributed by atoms with van der Waals surface area (Å²) < 4.78 is 2.68. The summed E-state index contributed by atoms with van der Waals surface area (Å²) in [6.07, 6.45) is 0. The van der Waals surface area contributed by atoms with Gasteiger partial charge in [-0.3, -0.25) is 0 Å². The van der Waals surface area contributed by atoms with E-state index in [0.29, 0.717) is 0 Å². The fourth-order valence-corrected chi connectivity index (χ4v) is 8.73. The first-order valence-electron chi connectivity index (χ1n) is 17.7. The van der Waals surface area contributed by atoms with Crippen molar-refractivity contribution in [2.75, 3.05) is 4.90 Å². The van der Waals surface area contributed by atoms with Gasteiger partial charge in [-0.15, -0.1) is 11.3 Å². The first-order valence-corrected chi connectivity index (χ1v) is 18.6. The molecule has 0 saturated heterocycles. The molecule has 0 spiro atoms. The highest BCUT2D eigenvalue weighted by atomic mass is 32.1. The van der Waals surface area contributed by atoms with Crippen molar-refractivity contribution in [1.82, 2.24) is 0 Å². The van der Waals surface area contributed by atoms with Crippen molar-refractivity contribution in [1.29, 1.82) is 0 Å². The Morgan fingerprint density at radius 2 is 0.846 bits per heavy atom. The molecule has 0 radical (unpaired) electrons. The molecule has 0 unspecified atom stereocenters. The van der Waals surface area contributed by atoms with E-state index in [4.69, 9.17) is 0 Å². The average Bonchev–Trinajstić information content (AvgIpc) is 3.61. The molecule has 10 aromatic rings. The molecule has 0 saturated carbocycles. The zero-order chi connectivity index (χ0) is 34.4. The van der Waals surface area contributed by atoms with E-state index in [1.807, 2.05) is 11.3 Å². The topological polar surface area (TPSA) is 3.24 Å². The normalized spacial score (nSPS) is 11.5. The van der Waals surface area contributed by atoms with E-state index in [-0.39, 0.29) is 0 Å². The highest BCUT2D eigenvalue weighted by Crippen LogP contribution is 2.41. The fourth-order valence-electron chi connectivity index (χ4n) is 7.61. The summed E-state index contributed by atoms with van der Waals surface area (Å²) in [5.41, 5.74) is 10.6. The summed E-state index contributed by atoms with van der Waals surface area (Å²) in [6.45, 7) is 0. The van der Waals surface area contributed by atoms with Crippen molar-refractivity contribution in [3.8, 4) is 33.4 Å². The molecule has 1 aromatic heterocycles. The Morgan fingerprint density at radius 3 is 1.65 bits per heavy atom. The molecular weight excluding hydrogens is 647 g/mol. The second kappa shape index (κ2) is 12.7. The van der Waals surface area contributed by atoms with Gasteiger partial charge in [0, 0.05) is 37.2 Å². The lowest BCUT2D eigenvalue weighted by molar-refractivity contribution is 1.28. The Labute approximate surface area is 307 Å². The van der Waals surface area contributed by atoms with E-state index in [2.05, 4.69) is 205 Å². The van der Waals surface area contributed by atoms with Crippen LogP contribution in [0.25, 0.3) is 75.1 Å². The number of thiophene rings is 1. The van der Waals surface area contributed by atoms with Gasteiger partial charge < -0.3 is 4.90 Å². The van der Waals surface area contributed by atoms with Crippen molar-refractivity contribution >= 4 is 70.1 Å². The maximum absolute atomic E-state index is 2.36. The average molecular weight is 680 g/mol. The van der Waals surface area contributed by atoms with Crippen LogP contribution in [0.1, 0.15) is 0 Å². The largest absolute Gasteiger partial charge is 0.310 e. The minimum absolute atomic E-state index is 1.11. The van der Waals surface area contributed by atoms with Gasteiger partial charge in [-0.2, -0.15) is 0 Å². The number of benzene rings is 9. The van der Waals surface area contributed by atoms with Gasteiger partial charge in [0.15, 0.2) is 0 Å². The molecule has 0 fully saturated rings. The van der Waals surface area contributed by atoms with Crippen LogP contribution in [0, 0.1) is 0 Å². The first-order chi connectivity index (χ1) is 25.7. The molecule has 1 nitrogen and oxygen atoms in total. The van der Waals surface area contributed by atoms with Gasteiger partial charge in [0.2, 0.25) is 0 Å². The maximum Gasteiger partial charge on any atom is 0.0467 e. The third kappa shape index (κ3) is 5.42. The van der Waals surface area contributed by atoms with Crippen molar-refractivity contribution in [2.24, 2.45) is 0 Å². The summed E-state index contributed by atoms with van der Waals surface area (Å²) in [6, 6.07) is 72.9. The fraction of sp³-hybridized carbons (Fsp3) is 0. The molecule has 0 aliphatic heterocycles. The van der Waals surface area contributed by atoms with Crippen LogP contribution in [-0.2, 0) is 0 Å².